The molecule has 4 rings (SSSR count). The van der Waals surface area contributed by atoms with Gasteiger partial charge in [0.1, 0.15) is 22.9 Å². The fourth-order valence-corrected chi connectivity index (χ4v) is 8.40. The summed E-state index contributed by atoms with van der Waals surface area (Å²) >= 11 is 14.6. The number of allylic oxidation sites excluding steroid dienone is 12. The molecule has 0 aliphatic heterocycles. The van der Waals surface area contributed by atoms with Crippen molar-refractivity contribution in [2.45, 2.75) is 96.9 Å². The van der Waals surface area contributed by atoms with E-state index in [1.54, 1.807) is 0 Å². The van der Waals surface area contributed by atoms with Crippen molar-refractivity contribution in [3.8, 4) is 11.5 Å². The van der Waals surface area contributed by atoms with E-state index in [0.29, 0.717) is 52.2 Å². The van der Waals surface area contributed by atoms with Crippen LogP contribution in [0.5, 0.6) is 11.5 Å². The molecule has 292 valence electrons. The summed E-state index contributed by atoms with van der Waals surface area (Å²) in [6.07, 6.45) is 7.75. The number of hydrogen-bond donors (Lipinski definition) is 0. The van der Waals surface area contributed by atoms with Crippen LogP contribution in [0.3, 0.4) is 0 Å². The molecule has 2 aromatic carbocycles. The van der Waals surface area contributed by atoms with Gasteiger partial charge in [-0.2, -0.15) is 10.2 Å². The Morgan fingerprint density at radius 3 is 0.927 bits per heavy atom. The minimum Gasteiger partial charge on any atom is -0.457 e. The quantitative estimate of drug-likeness (QED) is 0.270. The predicted molar refractivity (Wildman–Crippen MR) is 238 cm³/mol. The summed E-state index contributed by atoms with van der Waals surface area (Å²) in [4.78, 5) is 26.8. The molecule has 0 fully saturated rings. The minimum atomic E-state index is -0.319. The number of hydrogen-bond acceptors (Lipinski definition) is 7. The van der Waals surface area contributed by atoms with Gasteiger partial charge in [0, 0.05) is 40.2 Å². The van der Waals surface area contributed by atoms with Gasteiger partial charge >= 0.3 is 0 Å². The molecule has 55 heavy (non-hydrogen) atoms. The number of carbonyl (C=O) groups is 2. The third-order valence-corrected chi connectivity index (χ3v) is 11.5. The molecule has 11 heteroatoms. The maximum Gasteiger partial charge on any atom is 0.186 e. The lowest BCUT2D eigenvalue weighted by atomic mass is 9.72. The number of ether oxygens (including phenoxy) is 1. The Labute approximate surface area is 360 Å². The van der Waals surface area contributed by atoms with E-state index in [-0.39, 0.29) is 33.2 Å². The van der Waals surface area contributed by atoms with E-state index in [1.807, 2.05) is 62.4 Å². The summed E-state index contributed by atoms with van der Waals surface area (Å²) in [6, 6.07) is 7.31. The number of nitrogens with zero attached hydrogens (tertiary/aromatic N) is 4. The van der Waals surface area contributed by atoms with Crippen LogP contribution < -0.4 is 4.74 Å². The number of halogens is 4. The molecular formula is C44H50Br4N4O3. The first-order valence-electron chi connectivity index (χ1n) is 18.0. The van der Waals surface area contributed by atoms with Crippen molar-refractivity contribution in [1.29, 1.82) is 0 Å². The van der Waals surface area contributed by atoms with Gasteiger partial charge < -0.3 is 4.74 Å². The number of rotatable bonds is 6. The first-order valence-corrected chi connectivity index (χ1v) is 21.2. The number of ketones is 2. The van der Waals surface area contributed by atoms with Gasteiger partial charge in [0.15, 0.2) is 11.6 Å². The van der Waals surface area contributed by atoms with Crippen LogP contribution in [0.1, 0.15) is 96.9 Å². The smallest absolute Gasteiger partial charge is 0.186 e. The van der Waals surface area contributed by atoms with Crippen LogP contribution in [0.15, 0.2) is 132 Å². The van der Waals surface area contributed by atoms with Gasteiger partial charge in [-0.15, -0.1) is 10.2 Å². The van der Waals surface area contributed by atoms with E-state index < -0.39 is 0 Å². The molecule has 7 nitrogen and oxygen atoms in total. The van der Waals surface area contributed by atoms with Gasteiger partial charge in [0.2, 0.25) is 0 Å². The third-order valence-electron chi connectivity index (χ3n) is 9.06. The first-order chi connectivity index (χ1) is 25.1. The fraction of sp³-hybridized carbons (Fsp3) is 0.409. The van der Waals surface area contributed by atoms with E-state index >= 15 is 0 Å². The highest BCUT2D eigenvalue weighted by Gasteiger charge is 2.36. The maximum atomic E-state index is 13.4. The molecule has 0 saturated carbocycles. The van der Waals surface area contributed by atoms with Crippen LogP contribution >= 0.6 is 63.7 Å². The zero-order valence-electron chi connectivity index (χ0n) is 34.1. The van der Waals surface area contributed by atoms with Gasteiger partial charge in [-0.05, 0) is 159 Å². The van der Waals surface area contributed by atoms with Gasteiger partial charge in [0.25, 0.3) is 0 Å². The van der Waals surface area contributed by atoms with Crippen molar-refractivity contribution < 1.29 is 14.3 Å². The number of benzene rings is 2. The summed E-state index contributed by atoms with van der Waals surface area (Å²) in [5.74, 6) is 1.29. The van der Waals surface area contributed by atoms with Crippen molar-refractivity contribution in [2.75, 3.05) is 0 Å². The second kappa shape index (κ2) is 16.5. The standard InChI is InChI=1S/C44H50Br4N4O3/c1-23(25-15-29(41(3,4)5)39(53)30(16-25)42(6,7)8)49-51-37-33(45)19-27(20-34(37)46)55-28-21-35(47)38(36(48)22-28)52-50-24(2)26-17-31(43(9,10)11)40(54)32(18-26)44(12,13)14/h15-22H,1-14H3. The lowest BCUT2D eigenvalue weighted by Gasteiger charge is -2.31. The van der Waals surface area contributed by atoms with Crippen molar-refractivity contribution in [3.63, 3.8) is 0 Å². The van der Waals surface area contributed by atoms with Crippen LogP contribution in [0.2, 0.25) is 0 Å². The van der Waals surface area contributed by atoms with Crippen molar-refractivity contribution >= 4 is 86.7 Å². The third kappa shape index (κ3) is 10.8. The largest absolute Gasteiger partial charge is 0.457 e. The van der Waals surface area contributed by atoms with E-state index in [0.717, 1.165) is 33.4 Å². The zero-order valence-corrected chi connectivity index (χ0v) is 40.5. The molecule has 2 aliphatic carbocycles. The summed E-state index contributed by atoms with van der Waals surface area (Å²) in [5, 5.41) is 18.3. The summed E-state index contributed by atoms with van der Waals surface area (Å²) in [6.45, 7) is 28.4. The van der Waals surface area contributed by atoms with Gasteiger partial charge in [0.05, 0.1) is 11.4 Å². The fourth-order valence-electron chi connectivity index (χ4n) is 5.80. The van der Waals surface area contributed by atoms with Crippen LogP contribution in [0, 0.1) is 21.7 Å². The molecule has 0 saturated heterocycles. The molecular weight excluding hydrogens is 952 g/mol. The average molecular weight is 1000 g/mol. The van der Waals surface area contributed by atoms with Gasteiger partial charge in [-0.3, -0.25) is 9.59 Å². The maximum absolute atomic E-state index is 13.4. The number of azo groups is 2. The Hall–Kier alpha value is -2.86. The molecule has 0 aromatic heterocycles. The molecule has 0 heterocycles. The molecule has 2 aliphatic rings. The second-order valence-electron chi connectivity index (χ2n) is 17.9. The Morgan fingerprint density at radius 2 is 0.709 bits per heavy atom. The number of carbonyl (C=O) groups excluding carboxylic acids is 2. The summed E-state index contributed by atoms with van der Waals surface area (Å²) < 4.78 is 8.98. The van der Waals surface area contributed by atoms with E-state index in [9.17, 15) is 9.59 Å². The molecule has 0 unspecified atom stereocenters. The summed E-state index contributed by atoms with van der Waals surface area (Å²) in [5.41, 5.74) is 6.05. The first kappa shape index (κ1) is 44.8. The van der Waals surface area contributed by atoms with Crippen molar-refractivity contribution in [2.24, 2.45) is 42.1 Å². The van der Waals surface area contributed by atoms with Crippen molar-refractivity contribution in [1.82, 2.24) is 0 Å². The molecule has 0 atom stereocenters. The number of Topliss-reactive ketones (excluding diaryl/α,β-unsaturated/α-hetero) is 2. The Kier molecular flexibility index (Phi) is 13.5. The Balaban J connectivity index is 1.61. The lowest BCUT2D eigenvalue weighted by molar-refractivity contribution is -0.114. The molecule has 2 aromatic rings. The minimum absolute atomic E-state index is 0.0782. The lowest BCUT2D eigenvalue weighted by Crippen LogP contribution is -2.28. The predicted octanol–water partition coefficient (Wildman–Crippen LogP) is 16.3. The van der Waals surface area contributed by atoms with Gasteiger partial charge in [-0.1, -0.05) is 83.1 Å². The molecule has 0 spiro atoms. The average Bonchev–Trinajstić information content (AvgIpc) is 3.01. The topological polar surface area (TPSA) is 92.8 Å². The highest BCUT2D eigenvalue weighted by molar-refractivity contribution is 9.11. The molecule has 0 radical (unpaired) electrons. The SMILES string of the molecule is CC(N=Nc1c(Br)cc(Oc2cc(Br)c(N=NC(C)=C3C=C(C(C)(C)C)C(=O)C(C(C)(C)C)=C3)c(Br)c2)cc1Br)=C1C=C(C(C)(C)C)C(=O)C(C(C)(C)C)=C1. The van der Waals surface area contributed by atoms with E-state index in [4.69, 9.17) is 4.74 Å². The monoisotopic (exact) mass is 998 g/mol. The highest BCUT2D eigenvalue weighted by Crippen LogP contribution is 2.44. The Morgan fingerprint density at radius 1 is 0.473 bits per heavy atom. The second-order valence-corrected chi connectivity index (χ2v) is 21.4. The molecule has 0 amide bonds. The summed E-state index contributed by atoms with van der Waals surface area (Å²) in [7, 11) is 0. The highest BCUT2D eigenvalue weighted by atomic mass is 79.9. The van der Waals surface area contributed by atoms with E-state index in [1.165, 1.54) is 0 Å². The normalized spacial score (nSPS) is 16.1. The van der Waals surface area contributed by atoms with Crippen LogP contribution in [0.4, 0.5) is 11.4 Å². The van der Waals surface area contributed by atoms with Crippen LogP contribution in [0.25, 0.3) is 0 Å². The van der Waals surface area contributed by atoms with Gasteiger partial charge in [-0.25, -0.2) is 0 Å². The molecule has 0 N–H and O–H groups in total. The Bertz CT molecular complexity index is 1930. The molecule has 0 bridgehead atoms. The van der Waals surface area contributed by atoms with Crippen LogP contribution in [-0.2, 0) is 9.59 Å². The van der Waals surface area contributed by atoms with E-state index in [2.05, 4.69) is 167 Å². The zero-order chi connectivity index (χ0) is 41.6. The van der Waals surface area contributed by atoms with Crippen molar-refractivity contribution in [3.05, 3.63) is 111 Å². The van der Waals surface area contributed by atoms with Crippen LogP contribution in [-0.4, -0.2) is 11.6 Å².